The monoisotopic (exact) mass is 203 g/mol. The lowest BCUT2D eigenvalue weighted by Crippen LogP contribution is -2.08. The Balaban J connectivity index is 2.42. The van der Waals surface area contributed by atoms with E-state index in [1.807, 2.05) is 6.92 Å². The molecule has 0 fully saturated rings. The number of hydrogen-bond acceptors (Lipinski definition) is 2. The highest BCUT2D eigenvalue weighted by Gasteiger charge is 2.18. The lowest BCUT2D eigenvalue weighted by Gasteiger charge is -2.20. The van der Waals surface area contributed by atoms with Gasteiger partial charge in [0.2, 0.25) is 0 Å². The van der Waals surface area contributed by atoms with Gasteiger partial charge in [0.1, 0.15) is 6.04 Å². The van der Waals surface area contributed by atoms with E-state index in [4.69, 9.17) is 0 Å². The van der Waals surface area contributed by atoms with Crippen LogP contribution in [0, 0.1) is 4.91 Å². The van der Waals surface area contributed by atoms with Crippen molar-refractivity contribution in [3.05, 3.63) is 39.8 Å². The van der Waals surface area contributed by atoms with Crippen LogP contribution in [0.1, 0.15) is 48.9 Å². The molecular formula is C13H17NO. The van der Waals surface area contributed by atoms with E-state index in [9.17, 15) is 4.91 Å². The second kappa shape index (κ2) is 4.56. The highest BCUT2D eigenvalue weighted by Crippen LogP contribution is 2.31. The Morgan fingerprint density at radius 2 is 2.13 bits per heavy atom. The highest BCUT2D eigenvalue weighted by molar-refractivity contribution is 5.38. The Labute approximate surface area is 90.7 Å². The zero-order valence-corrected chi connectivity index (χ0v) is 9.20. The highest BCUT2D eigenvalue weighted by atomic mass is 16.3. The van der Waals surface area contributed by atoms with Crippen molar-refractivity contribution in [1.82, 2.24) is 0 Å². The van der Waals surface area contributed by atoms with Gasteiger partial charge in [-0.15, -0.1) is 0 Å². The van der Waals surface area contributed by atoms with E-state index in [0.717, 1.165) is 12.8 Å². The van der Waals surface area contributed by atoms with Crippen LogP contribution in [0.25, 0.3) is 0 Å². The van der Waals surface area contributed by atoms with Crippen molar-refractivity contribution in [2.75, 3.05) is 0 Å². The fourth-order valence-electron chi connectivity index (χ4n) is 2.47. The molecular weight excluding hydrogens is 186 g/mol. The summed E-state index contributed by atoms with van der Waals surface area (Å²) in [6.45, 7) is 2.02. The smallest absolute Gasteiger partial charge is 0.117 e. The van der Waals surface area contributed by atoms with Crippen molar-refractivity contribution >= 4 is 0 Å². The van der Waals surface area contributed by atoms with Crippen LogP contribution >= 0.6 is 0 Å². The van der Waals surface area contributed by atoms with Gasteiger partial charge in [0, 0.05) is 0 Å². The Morgan fingerprint density at radius 1 is 1.33 bits per heavy atom. The van der Waals surface area contributed by atoms with E-state index >= 15 is 0 Å². The fourth-order valence-corrected chi connectivity index (χ4v) is 2.47. The summed E-state index contributed by atoms with van der Waals surface area (Å²) in [5.41, 5.74) is 4.00. The summed E-state index contributed by atoms with van der Waals surface area (Å²) in [6, 6.07) is 6.18. The Hall–Kier alpha value is -1.18. The number of fused-ring (bicyclic) bond motifs is 1. The summed E-state index contributed by atoms with van der Waals surface area (Å²) in [5.74, 6) is 0. The third-order valence-corrected chi connectivity index (χ3v) is 3.31. The summed E-state index contributed by atoms with van der Waals surface area (Å²) < 4.78 is 0. The van der Waals surface area contributed by atoms with Gasteiger partial charge in [-0.3, -0.25) is 0 Å². The first-order chi connectivity index (χ1) is 7.36. The predicted octanol–water partition coefficient (Wildman–Crippen LogP) is 3.78. The lowest BCUT2D eigenvalue weighted by molar-refractivity contribution is 0.642. The average Bonchev–Trinajstić information content (AvgIpc) is 2.31. The first kappa shape index (κ1) is 10.3. The number of benzene rings is 1. The minimum Gasteiger partial charge on any atom is -0.150 e. The van der Waals surface area contributed by atoms with Gasteiger partial charge in [-0.1, -0.05) is 30.3 Å². The zero-order chi connectivity index (χ0) is 10.7. The molecule has 0 amide bonds. The van der Waals surface area contributed by atoms with Gasteiger partial charge in [-0.2, -0.15) is 4.91 Å². The molecule has 0 heterocycles. The minimum atomic E-state index is -0.141. The molecule has 1 aromatic carbocycles. The summed E-state index contributed by atoms with van der Waals surface area (Å²) in [7, 11) is 0. The van der Waals surface area contributed by atoms with Crippen LogP contribution in [0.2, 0.25) is 0 Å². The molecule has 1 aliphatic rings. The van der Waals surface area contributed by atoms with Crippen LogP contribution in [0.3, 0.4) is 0 Å². The number of aryl methyl sites for hydroxylation is 1. The van der Waals surface area contributed by atoms with Crippen molar-refractivity contribution in [2.45, 2.75) is 45.1 Å². The third kappa shape index (κ3) is 1.94. The summed E-state index contributed by atoms with van der Waals surface area (Å²) in [5, 5.41) is 3.23. The van der Waals surface area contributed by atoms with E-state index in [2.05, 4.69) is 23.4 Å². The maximum Gasteiger partial charge on any atom is 0.117 e. The molecule has 1 aromatic rings. The standard InChI is InChI=1S/C13H17NO/c1-2-13(14-15)12-9-5-7-10-6-3-4-8-11(10)12/h5,7,9,13H,2-4,6,8H2,1H3. The Morgan fingerprint density at radius 3 is 2.87 bits per heavy atom. The third-order valence-electron chi connectivity index (χ3n) is 3.31. The maximum absolute atomic E-state index is 10.8. The zero-order valence-electron chi connectivity index (χ0n) is 9.20. The first-order valence-electron chi connectivity index (χ1n) is 5.80. The summed E-state index contributed by atoms with van der Waals surface area (Å²) >= 11 is 0. The van der Waals surface area contributed by atoms with Gasteiger partial charge >= 0.3 is 0 Å². The van der Waals surface area contributed by atoms with E-state index in [1.54, 1.807) is 0 Å². The maximum atomic E-state index is 10.8. The van der Waals surface area contributed by atoms with Crippen LogP contribution in [-0.4, -0.2) is 0 Å². The van der Waals surface area contributed by atoms with Crippen LogP contribution < -0.4 is 0 Å². The normalized spacial score (nSPS) is 16.9. The van der Waals surface area contributed by atoms with Gasteiger partial charge in [-0.05, 0) is 48.8 Å². The van der Waals surface area contributed by atoms with Crippen molar-refractivity contribution in [3.63, 3.8) is 0 Å². The fraction of sp³-hybridized carbons (Fsp3) is 0.538. The molecule has 0 aliphatic heterocycles. The SMILES string of the molecule is CCC(N=O)c1cccc2c1CCCC2. The van der Waals surface area contributed by atoms with Crippen LogP contribution in [0.4, 0.5) is 0 Å². The molecule has 0 saturated carbocycles. The lowest BCUT2D eigenvalue weighted by atomic mass is 9.85. The van der Waals surface area contributed by atoms with Crippen LogP contribution in [0.5, 0.6) is 0 Å². The van der Waals surface area contributed by atoms with E-state index in [1.165, 1.54) is 36.0 Å². The Bertz CT molecular complexity index is 360. The molecule has 0 radical (unpaired) electrons. The predicted molar refractivity (Wildman–Crippen MR) is 61.9 cm³/mol. The molecule has 15 heavy (non-hydrogen) atoms. The second-order valence-corrected chi connectivity index (χ2v) is 4.22. The van der Waals surface area contributed by atoms with Crippen molar-refractivity contribution in [1.29, 1.82) is 0 Å². The van der Waals surface area contributed by atoms with Gasteiger partial charge in [0.05, 0.1) is 0 Å². The number of nitrogens with zero attached hydrogens (tertiary/aromatic N) is 1. The Kier molecular flexibility index (Phi) is 3.14. The number of nitroso groups, excluding NO2 is 1. The largest absolute Gasteiger partial charge is 0.150 e. The van der Waals surface area contributed by atoms with Crippen LogP contribution in [0.15, 0.2) is 23.4 Å². The van der Waals surface area contributed by atoms with Crippen molar-refractivity contribution in [3.8, 4) is 0 Å². The summed E-state index contributed by atoms with van der Waals surface area (Å²) in [4.78, 5) is 10.8. The number of hydrogen-bond donors (Lipinski definition) is 0. The quantitative estimate of drug-likeness (QED) is 0.687. The minimum absolute atomic E-state index is 0.141. The summed E-state index contributed by atoms with van der Waals surface area (Å²) in [6.07, 6.45) is 5.62. The molecule has 0 aromatic heterocycles. The van der Waals surface area contributed by atoms with Gasteiger partial charge < -0.3 is 0 Å². The molecule has 0 saturated heterocycles. The van der Waals surface area contributed by atoms with Gasteiger partial charge in [0.15, 0.2) is 0 Å². The molecule has 1 atom stereocenters. The van der Waals surface area contributed by atoms with Gasteiger partial charge in [0.25, 0.3) is 0 Å². The van der Waals surface area contributed by atoms with Crippen molar-refractivity contribution < 1.29 is 0 Å². The van der Waals surface area contributed by atoms with Gasteiger partial charge in [-0.25, -0.2) is 0 Å². The molecule has 1 unspecified atom stereocenters. The van der Waals surface area contributed by atoms with E-state index in [-0.39, 0.29) is 6.04 Å². The van der Waals surface area contributed by atoms with Crippen LogP contribution in [-0.2, 0) is 12.8 Å². The topological polar surface area (TPSA) is 29.4 Å². The molecule has 0 spiro atoms. The molecule has 2 nitrogen and oxygen atoms in total. The van der Waals surface area contributed by atoms with E-state index < -0.39 is 0 Å². The van der Waals surface area contributed by atoms with Crippen molar-refractivity contribution in [2.24, 2.45) is 5.18 Å². The van der Waals surface area contributed by atoms with E-state index in [0.29, 0.717) is 0 Å². The number of rotatable bonds is 3. The molecule has 0 N–H and O–H groups in total. The molecule has 80 valence electrons. The second-order valence-electron chi connectivity index (χ2n) is 4.22. The average molecular weight is 203 g/mol. The first-order valence-corrected chi connectivity index (χ1v) is 5.80. The molecule has 1 aliphatic carbocycles. The molecule has 2 rings (SSSR count). The molecule has 2 heteroatoms. The molecule has 0 bridgehead atoms.